The fourth-order valence-corrected chi connectivity index (χ4v) is 5.81. The van der Waals surface area contributed by atoms with Crippen LogP contribution in [0.15, 0.2) is 0 Å². The predicted octanol–water partition coefficient (Wildman–Crippen LogP) is 4.73. The van der Waals surface area contributed by atoms with E-state index in [9.17, 15) is 5.11 Å². The largest absolute Gasteiger partial charge is 0.411 e. The Kier molecular flexibility index (Phi) is 4.73. The molecule has 0 aromatic rings. The number of rotatable bonds is 3. The Morgan fingerprint density at radius 2 is 1.75 bits per heavy atom. The summed E-state index contributed by atoms with van der Waals surface area (Å²) >= 11 is 0. The van der Waals surface area contributed by atoms with Crippen LogP contribution in [0.4, 0.5) is 0 Å². The summed E-state index contributed by atoms with van der Waals surface area (Å²) < 4.78 is 6.99. The van der Waals surface area contributed by atoms with E-state index < -0.39 is 8.32 Å². The highest BCUT2D eigenvalue weighted by molar-refractivity contribution is 6.74. The number of hydrogen-bond acceptors (Lipinski definition) is 2. The van der Waals surface area contributed by atoms with Crippen molar-refractivity contribution in [1.82, 2.24) is 0 Å². The van der Waals surface area contributed by atoms with Gasteiger partial charge in [0.25, 0.3) is 0 Å². The second kappa shape index (κ2) is 5.73. The van der Waals surface area contributed by atoms with Crippen molar-refractivity contribution in [2.75, 3.05) is 6.61 Å². The first kappa shape index (κ1) is 16.5. The lowest BCUT2D eigenvalue weighted by Gasteiger charge is -2.55. The number of hydrogen-bond donors (Lipinski definition) is 1. The first-order valence-corrected chi connectivity index (χ1v) is 11.4. The van der Waals surface area contributed by atoms with E-state index in [2.05, 4.69) is 33.9 Å². The molecule has 0 unspecified atom stereocenters. The van der Waals surface area contributed by atoms with Crippen molar-refractivity contribution in [1.29, 1.82) is 0 Å². The van der Waals surface area contributed by atoms with Crippen molar-refractivity contribution in [2.45, 2.75) is 89.5 Å². The lowest BCUT2D eigenvalue weighted by molar-refractivity contribution is -0.0970. The minimum absolute atomic E-state index is 0.0902. The Morgan fingerprint density at radius 1 is 1.10 bits per heavy atom. The van der Waals surface area contributed by atoms with E-state index in [1.54, 1.807) is 0 Å². The summed E-state index contributed by atoms with van der Waals surface area (Å²) in [4.78, 5) is 0. The van der Waals surface area contributed by atoms with E-state index in [0.717, 1.165) is 0 Å². The standard InChI is InChI=1S/C17H34O2Si/c1-16(2,3)20(4,5)19-17-11-7-6-10-15(17)14(13-18)9-8-12-17/h14-15,18H,6-13H2,1-5H3/t14-,15-,17+/m0/s1. The molecule has 0 heterocycles. The molecule has 1 N–H and O–H groups in total. The molecule has 0 radical (unpaired) electrons. The van der Waals surface area contributed by atoms with Gasteiger partial charge in [0.2, 0.25) is 0 Å². The van der Waals surface area contributed by atoms with Gasteiger partial charge in [0.15, 0.2) is 8.32 Å². The molecule has 0 aromatic carbocycles. The maximum atomic E-state index is 9.76. The molecule has 0 amide bonds. The lowest BCUT2D eigenvalue weighted by Crippen LogP contribution is -2.57. The molecule has 2 aliphatic carbocycles. The van der Waals surface area contributed by atoms with Crippen molar-refractivity contribution in [3.05, 3.63) is 0 Å². The first-order chi connectivity index (χ1) is 9.22. The normalized spacial score (nSPS) is 35.7. The number of aliphatic hydroxyl groups excluding tert-OH is 1. The molecule has 2 saturated carbocycles. The molecule has 3 heteroatoms. The molecule has 0 bridgehead atoms. The molecule has 20 heavy (non-hydrogen) atoms. The molecule has 2 fully saturated rings. The van der Waals surface area contributed by atoms with Crippen molar-refractivity contribution >= 4 is 8.32 Å². The molecule has 3 atom stereocenters. The molecule has 118 valence electrons. The van der Waals surface area contributed by atoms with E-state index in [-0.39, 0.29) is 10.6 Å². The SMILES string of the molecule is CC(C)(C)[Si](C)(C)O[C@@]12CCCC[C@H]1[C@H](CO)CCC2. The van der Waals surface area contributed by atoms with Crippen molar-refractivity contribution in [2.24, 2.45) is 11.8 Å². The monoisotopic (exact) mass is 298 g/mol. The average molecular weight is 299 g/mol. The maximum absolute atomic E-state index is 9.76. The van der Waals surface area contributed by atoms with Gasteiger partial charge in [-0.2, -0.15) is 0 Å². The topological polar surface area (TPSA) is 29.5 Å². The van der Waals surface area contributed by atoms with Gasteiger partial charge in [0.1, 0.15) is 0 Å². The van der Waals surface area contributed by atoms with Gasteiger partial charge in [-0.15, -0.1) is 0 Å². The van der Waals surface area contributed by atoms with Crippen molar-refractivity contribution in [3.63, 3.8) is 0 Å². The van der Waals surface area contributed by atoms with Gasteiger partial charge >= 0.3 is 0 Å². The lowest BCUT2D eigenvalue weighted by atomic mass is 9.63. The summed E-state index contributed by atoms with van der Waals surface area (Å²) in [6, 6.07) is 0. The molecule has 0 aromatic heterocycles. The Morgan fingerprint density at radius 3 is 2.35 bits per heavy atom. The Hall–Kier alpha value is 0.137. The summed E-state index contributed by atoms with van der Waals surface area (Å²) in [6.45, 7) is 12.1. The van der Waals surface area contributed by atoms with Crippen molar-refractivity contribution < 1.29 is 9.53 Å². The average Bonchev–Trinajstić information content (AvgIpc) is 2.35. The first-order valence-electron chi connectivity index (χ1n) is 8.53. The molecule has 0 saturated heterocycles. The molecule has 0 aliphatic heterocycles. The molecular weight excluding hydrogens is 264 g/mol. The van der Waals surface area contributed by atoms with E-state index in [1.807, 2.05) is 0 Å². The van der Waals surface area contributed by atoms with Crippen LogP contribution >= 0.6 is 0 Å². The van der Waals surface area contributed by atoms with Gasteiger partial charge in [-0.1, -0.05) is 40.0 Å². The molecule has 2 aliphatic rings. The van der Waals surface area contributed by atoms with Crippen LogP contribution < -0.4 is 0 Å². The van der Waals surface area contributed by atoms with E-state index in [4.69, 9.17) is 4.43 Å². The highest BCUT2D eigenvalue weighted by atomic mass is 28.4. The molecule has 0 spiro atoms. The van der Waals surface area contributed by atoms with Crippen LogP contribution in [0.2, 0.25) is 18.1 Å². The van der Waals surface area contributed by atoms with E-state index >= 15 is 0 Å². The quantitative estimate of drug-likeness (QED) is 0.763. The Bertz CT molecular complexity index is 330. The third-order valence-corrected chi connectivity index (χ3v) is 10.8. The third-order valence-electron chi connectivity index (χ3n) is 6.28. The fourth-order valence-electron chi connectivity index (χ4n) is 4.13. The number of fused-ring (bicyclic) bond motifs is 1. The number of aliphatic hydroxyl groups is 1. The predicted molar refractivity (Wildman–Crippen MR) is 87.4 cm³/mol. The van der Waals surface area contributed by atoms with E-state index in [0.29, 0.717) is 18.4 Å². The third kappa shape index (κ3) is 3.00. The van der Waals surface area contributed by atoms with Gasteiger partial charge < -0.3 is 9.53 Å². The van der Waals surface area contributed by atoms with Gasteiger partial charge in [-0.25, -0.2) is 0 Å². The summed E-state index contributed by atoms with van der Waals surface area (Å²) in [7, 11) is -1.73. The van der Waals surface area contributed by atoms with Gasteiger partial charge in [0, 0.05) is 6.61 Å². The van der Waals surface area contributed by atoms with Crippen LogP contribution in [0.3, 0.4) is 0 Å². The smallest absolute Gasteiger partial charge is 0.192 e. The summed E-state index contributed by atoms with van der Waals surface area (Å²) in [5.74, 6) is 1.08. The second-order valence-electron chi connectivity index (χ2n) is 8.61. The van der Waals surface area contributed by atoms with Gasteiger partial charge in [0.05, 0.1) is 5.60 Å². The van der Waals surface area contributed by atoms with Gasteiger partial charge in [-0.05, 0) is 55.7 Å². The summed E-state index contributed by atoms with van der Waals surface area (Å²) in [5, 5.41) is 10.0. The highest BCUT2D eigenvalue weighted by Crippen LogP contribution is 2.52. The minimum atomic E-state index is -1.73. The molecular formula is C17H34O2Si. The van der Waals surface area contributed by atoms with Gasteiger partial charge in [-0.3, -0.25) is 0 Å². The fraction of sp³-hybridized carbons (Fsp3) is 1.00. The van der Waals surface area contributed by atoms with Crippen LogP contribution in [-0.4, -0.2) is 25.6 Å². The summed E-state index contributed by atoms with van der Waals surface area (Å²) in [6.07, 6.45) is 8.77. The van der Waals surface area contributed by atoms with Crippen LogP contribution in [-0.2, 0) is 4.43 Å². The second-order valence-corrected chi connectivity index (χ2v) is 13.3. The molecule has 2 nitrogen and oxygen atoms in total. The Balaban J connectivity index is 2.24. The van der Waals surface area contributed by atoms with E-state index in [1.165, 1.54) is 44.9 Å². The minimum Gasteiger partial charge on any atom is -0.411 e. The zero-order chi connectivity index (χ0) is 15.0. The summed E-state index contributed by atoms with van der Waals surface area (Å²) in [5.41, 5.74) is 0.0902. The van der Waals surface area contributed by atoms with Crippen LogP contribution in [0, 0.1) is 11.8 Å². The Labute approximate surface area is 126 Å². The van der Waals surface area contributed by atoms with Crippen molar-refractivity contribution in [3.8, 4) is 0 Å². The van der Waals surface area contributed by atoms with Crippen LogP contribution in [0.5, 0.6) is 0 Å². The molecule has 2 rings (SSSR count). The zero-order valence-electron chi connectivity index (χ0n) is 14.2. The zero-order valence-corrected chi connectivity index (χ0v) is 15.2. The maximum Gasteiger partial charge on any atom is 0.192 e. The highest BCUT2D eigenvalue weighted by Gasteiger charge is 2.52. The van der Waals surface area contributed by atoms with Crippen LogP contribution in [0.25, 0.3) is 0 Å². The van der Waals surface area contributed by atoms with Crippen LogP contribution in [0.1, 0.15) is 65.7 Å².